The average Bonchev–Trinajstić information content (AvgIpc) is 2.99. The van der Waals surface area contributed by atoms with Crippen LogP contribution in [0.3, 0.4) is 0 Å². The normalized spacial score (nSPS) is 17.0. The van der Waals surface area contributed by atoms with Crippen molar-refractivity contribution >= 4 is 6.08 Å². The average molecular weight is 405 g/mol. The fourth-order valence-corrected chi connectivity index (χ4v) is 4.25. The summed E-state index contributed by atoms with van der Waals surface area (Å²) in [7, 11) is 3.36. The molecule has 0 amide bonds. The second kappa shape index (κ2) is 8.36. The van der Waals surface area contributed by atoms with Crippen molar-refractivity contribution in [2.24, 2.45) is 0 Å². The van der Waals surface area contributed by atoms with Gasteiger partial charge < -0.3 is 19.2 Å². The van der Waals surface area contributed by atoms with Crippen molar-refractivity contribution < 1.29 is 14.2 Å². The maximum atomic E-state index is 5.97. The van der Waals surface area contributed by atoms with E-state index < -0.39 is 0 Å². The predicted molar refractivity (Wildman–Crippen MR) is 118 cm³/mol. The van der Waals surface area contributed by atoms with Crippen LogP contribution in [-0.4, -0.2) is 30.8 Å². The zero-order chi connectivity index (χ0) is 21.3. The molecular formula is C25H28N2O3. The molecule has 2 aromatic rings. The molecule has 30 heavy (non-hydrogen) atoms. The summed E-state index contributed by atoms with van der Waals surface area (Å²) >= 11 is 0. The largest absolute Gasteiger partial charge is 0.494 e. The molecule has 5 heteroatoms. The molecule has 0 radical (unpaired) electrons. The zero-order valence-electron chi connectivity index (χ0n) is 18.2. The number of aromatic nitrogens is 2. The number of nitrogens with one attached hydrogen (secondary N) is 1. The molecule has 156 valence electrons. The highest BCUT2D eigenvalue weighted by molar-refractivity contribution is 5.72. The molecule has 0 saturated carbocycles. The maximum absolute atomic E-state index is 5.97. The second-order valence-electron chi connectivity index (χ2n) is 7.70. The highest BCUT2D eigenvalue weighted by atomic mass is 16.5. The van der Waals surface area contributed by atoms with Crippen molar-refractivity contribution in [3.05, 3.63) is 87.1 Å². The number of allylic oxidation sites excluding steroid dienone is 6. The smallest absolute Gasteiger partial charge is 0.219 e. The number of methoxy groups -OCH3 is 2. The number of ether oxygens (including phenoxy) is 3. The molecule has 1 aliphatic carbocycles. The summed E-state index contributed by atoms with van der Waals surface area (Å²) in [6, 6.07) is 2.08. The van der Waals surface area contributed by atoms with Crippen molar-refractivity contribution in [2.75, 3.05) is 20.8 Å². The quantitative estimate of drug-likeness (QED) is 0.743. The number of aromatic amines is 1. The van der Waals surface area contributed by atoms with Crippen LogP contribution in [0.1, 0.15) is 47.9 Å². The molecule has 0 saturated heterocycles. The van der Waals surface area contributed by atoms with Crippen LogP contribution in [0, 0.1) is 6.92 Å². The van der Waals surface area contributed by atoms with Crippen LogP contribution < -0.4 is 4.74 Å². The van der Waals surface area contributed by atoms with Crippen LogP contribution >= 0.6 is 0 Å². The first-order valence-corrected chi connectivity index (χ1v) is 10.2. The van der Waals surface area contributed by atoms with Gasteiger partial charge in [0, 0.05) is 53.9 Å². The van der Waals surface area contributed by atoms with Gasteiger partial charge in [0.1, 0.15) is 18.5 Å². The summed E-state index contributed by atoms with van der Waals surface area (Å²) in [4.78, 5) is 7.89. The molecule has 2 aromatic heterocycles. The lowest BCUT2D eigenvalue weighted by atomic mass is 9.93. The molecule has 1 N–H and O–H groups in total. The monoisotopic (exact) mass is 404 g/mol. The van der Waals surface area contributed by atoms with Gasteiger partial charge in [-0.1, -0.05) is 12.2 Å². The van der Waals surface area contributed by atoms with E-state index in [9.17, 15) is 0 Å². The Morgan fingerprint density at radius 2 is 2.00 bits per heavy atom. The lowest BCUT2D eigenvalue weighted by Gasteiger charge is -2.21. The van der Waals surface area contributed by atoms with Crippen molar-refractivity contribution in [3.8, 4) is 5.88 Å². The molecule has 4 rings (SSSR count). The molecule has 0 spiro atoms. The van der Waals surface area contributed by atoms with Crippen LogP contribution in [0.15, 0.2) is 59.2 Å². The summed E-state index contributed by atoms with van der Waals surface area (Å²) in [5.74, 6) is 1.54. The van der Waals surface area contributed by atoms with Gasteiger partial charge in [-0.05, 0) is 55.7 Å². The molecule has 5 nitrogen and oxygen atoms in total. The minimum absolute atomic E-state index is 0.294. The molecule has 1 unspecified atom stereocenters. The van der Waals surface area contributed by atoms with Crippen LogP contribution in [0.25, 0.3) is 6.08 Å². The third kappa shape index (κ3) is 3.61. The highest BCUT2D eigenvalue weighted by Crippen LogP contribution is 2.38. The number of H-pyrrole nitrogens is 1. The number of fused-ring (bicyclic) bond motifs is 1. The van der Waals surface area contributed by atoms with Crippen LogP contribution in [0.4, 0.5) is 0 Å². The number of hydrogen-bond acceptors (Lipinski definition) is 4. The Morgan fingerprint density at radius 1 is 1.17 bits per heavy atom. The van der Waals surface area contributed by atoms with E-state index in [-0.39, 0.29) is 6.10 Å². The Morgan fingerprint density at radius 3 is 2.73 bits per heavy atom. The minimum Gasteiger partial charge on any atom is -0.494 e. The molecule has 0 fully saturated rings. The first-order valence-electron chi connectivity index (χ1n) is 10.2. The maximum Gasteiger partial charge on any atom is 0.219 e. The van der Waals surface area contributed by atoms with Gasteiger partial charge in [-0.15, -0.1) is 0 Å². The van der Waals surface area contributed by atoms with Crippen LogP contribution in [-0.2, 0) is 15.9 Å². The lowest BCUT2D eigenvalue weighted by Crippen LogP contribution is -2.08. The van der Waals surface area contributed by atoms with Crippen molar-refractivity contribution in [3.63, 3.8) is 0 Å². The minimum atomic E-state index is -0.294. The van der Waals surface area contributed by atoms with E-state index in [0.29, 0.717) is 12.5 Å². The number of aryl methyl sites for hydroxylation is 1. The van der Waals surface area contributed by atoms with Crippen LogP contribution in [0.5, 0.6) is 5.88 Å². The number of rotatable bonds is 5. The second-order valence-corrected chi connectivity index (χ2v) is 7.70. The van der Waals surface area contributed by atoms with E-state index in [1.165, 1.54) is 5.57 Å². The van der Waals surface area contributed by atoms with Gasteiger partial charge in [0.2, 0.25) is 5.88 Å². The van der Waals surface area contributed by atoms with E-state index in [0.717, 1.165) is 51.3 Å². The highest BCUT2D eigenvalue weighted by Gasteiger charge is 2.25. The molecule has 3 heterocycles. The first-order chi connectivity index (χ1) is 14.5. The Balaban J connectivity index is 1.84. The lowest BCUT2D eigenvalue weighted by molar-refractivity contribution is 0.133. The summed E-state index contributed by atoms with van der Waals surface area (Å²) in [5, 5.41) is 0. The fraction of sp³-hybridized carbons (Fsp3) is 0.320. The molecule has 0 bridgehead atoms. The van der Waals surface area contributed by atoms with E-state index in [2.05, 4.69) is 47.3 Å². The fourth-order valence-electron chi connectivity index (χ4n) is 4.25. The summed E-state index contributed by atoms with van der Waals surface area (Å²) in [6.07, 6.45) is 13.1. The van der Waals surface area contributed by atoms with Gasteiger partial charge in [0.15, 0.2) is 0 Å². The Kier molecular flexibility index (Phi) is 5.64. The van der Waals surface area contributed by atoms with Crippen molar-refractivity contribution in [1.82, 2.24) is 9.97 Å². The van der Waals surface area contributed by atoms with Gasteiger partial charge in [0.25, 0.3) is 0 Å². The molecular weight excluding hydrogens is 376 g/mol. The Bertz CT molecular complexity index is 1090. The Hall–Kier alpha value is -3.05. The summed E-state index contributed by atoms with van der Waals surface area (Å²) in [6.45, 7) is 6.83. The van der Waals surface area contributed by atoms with Gasteiger partial charge in [-0.2, -0.15) is 0 Å². The summed E-state index contributed by atoms with van der Waals surface area (Å²) < 4.78 is 17.3. The molecule has 1 aliphatic heterocycles. The van der Waals surface area contributed by atoms with Gasteiger partial charge >= 0.3 is 0 Å². The third-order valence-electron chi connectivity index (χ3n) is 5.69. The van der Waals surface area contributed by atoms with Crippen molar-refractivity contribution in [1.29, 1.82) is 0 Å². The van der Waals surface area contributed by atoms with Gasteiger partial charge in [0.05, 0.1) is 7.11 Å². The molecule has 2 aliphatic rings. The number of pyridine rings is 1. The number of nitrogens with zero attached hydrogens (tertiary/aromatic N) is 1. The van der Waals surface area contributed by atoms with Gasteiger partial charge in [-0.3, -0.25) is 0 Å². The predicted octanol–water partition coefficient (Wildman–Crippen LogP) is 5.21. The van der Waals surface area contributed by atoms with Crippen molar-refractivity contribution in [2.45, 2.75) is 33.3 Å². The van der Waals surface area contributed by atoms with E-state index in [1.54, 1.807) is 14.2 Å². The third-order valence-corrected chi connectivity index (χ3v) is 5.69. The van der Waals surface area contributed by atoms with Crippen LogP contribution in [0.2, 0.25) is 0 Å². The summed E-state index contributed by atoms with van der Waals surface area (Å²) in [5.41, 5.74) is 8.89. The Labute approximate surface area is 177 Å². The topological polar surface area (TPSA) is 56.4 Å². The SMILES string of the molecule is COc1ncc(C)cc1C(OC)c1c[nH]c2c1C=C(C1=C(C)OCC=C1C)C=CC2. The molecule has 0 aromatic carbocycles. The zero-order valence-corrected chi connectivity index (χ0v) is 18.2. The van der Waals surface area contributed by atoms with E-state index in [1.807, 2.05) is 26.2 Å². The van der Waals surface area contributed by atoms with E-state index >= 15 is 0 Å². The van der Waals surface area contributed by atoms with E-state index in [4.69, 9.17) is 14.2 Å². The molecule has 1 atom stereocenters. The van der Waals surface area contributed by atoms with Gasteiger partial charge in [-0.25, -0.2) is 4.98 Å². The standard InChI is InChI=1S/C25H28N2O3/c1-15-11-20(25(29-5)27-13-15)24(28-4)21-14-26-22-8-6-7-18(12-19(21)22)23-16(2)9-10-30-17(23)3/h6-7,9,11-14,24,26H,8,10H2,1-5H3. The first kappa shape index (κ1) is 20.2. The number of hydrogen-bond donors (Lipinski definition) is 1.